The number of sulfonamides is 1. The van der Waals surface area contributed by atoms with Crippen LogP contribution in [0.4, 0.5) is 0 Å². The van der Waals surface area contributed by atoms with Crippen LogP contribution in [0, 0.1) is 0 Å². The molecule has 2 fully saturated rings. The summed E-state index contributed by atoms with van der Waals surface area (Å²) < 4.78 is 38.7. The topological polar surface area (TPSA) is 67.9 Å². The number of hydrogen-bond donors (Lipinski definition) is 1. The summed E-state index contributed by atoms with van der Waals surface area (Å²) in [5.74, 6) is 0.802. The van der Waals surface area contributed by atoms with E-state index in [0.717, 1.165) is 50.1 Å². The number of hydrogen-bond acceptors (Lipinski definition) is 5. The minimum absolute atomic E-state index is 0.00554. The van der Waals surface area contributed by atoms with Crippen molar-refractivity contribution in [3.05, 3.63) is 29.8 Å². The Balaban J connectivity index is 1.73. The number of nitrogens with one attached hydrogen (secondary N) is 1. The summed E-state index contributed by atoms with van der Waals surface area (Å²) in [5, 5.41) is -0.228. The minimum atomic E-state index is -3.25. The quantitative estimate of drug-likeness (QED) is 0.797. The molecule has 25 heavy (non-hydrogen) atoms. The van der Waals surface area contributed by atoms with Crippen molar-refractivity contribution in [1.29, 1.82) is 0 Å². The zero-order chi connectivity index (χ0) is 17.7. The van der Waals surface area contributed by atoms with Gasteiger partial charge in [0.25, 0.3) is 0 Å². The van der Waals surface area contributed by atoms with E-state index in [1.54, 1.807) is 7.11 Å². The average molecular weight is 368 g/mol. The van der Waals surface area contributed by atoms with Crippen LogP contribution in [0.3, 0.4) is 0 Å². The van der Waals surface area contributed by atoms with Crippen LogP contribution >= 0.6 is 0 Å². The number of benzene rings is 1. The third-order valence-electron chi connectivity index (χ3n) is 5.21. The monoisotopic (exact) mass is 368 g/mol. The molecule has 140 valence electrons. The Hall–Kier alpha value is -1.15. The molecule has 1 heterocycles. The van der Waals surface area contributed by atoms with E-state index < -0.39 is 10.0 Å². The Bertz CT molecular complexity index is 636. The first-order valence-corrected chi connectivity index (χ1v) is 10.6. The first kappa shape index (κ1) is 18.6. The predicted molar refractivity (Wildman–Crippen MR) is 97.3 cm³/mol. The van der Waals surface area contributed by atoms with E-state index in [9.17, 15) is 8.42 Å². The molecule has 1 N–H and O–H groups in total. The van der Waals surface area contributed by atoms with E-state index in [4.69, 9.17) is 9.47 Å². The van der Waals surface area contributed by atoms with E-state index >= 15 is 0 Å². The smallest absolute Gasteiger partial charge is 0.214 e. The fourth-order valence-corrected chi connectivity index (χ4v) is 5.26. The van der Waals surface area contributed by atoms with E-state index in [-0.39, 0.29) is 11.3 Å². The van der Waals surface area contributed by atoms with Gasteiger partial charge in [0.15, 0.2) is 0 Å². The molecule has 0 amide bonds. The van der Waals surface area contributed by atoms with Gasteiger partial charge in [-0.15, -0.1) is 0 Å². The van der Waals surface area contributed by atoms with Crippen molar-refractivity contribution < 1.29 is 17.9 Å². The summed E-state index contributed by atoms with van der Waals surface area (Å²) >= 11 is 0. The van der Waals surface area contributed by atoms with E-state index in [0.29, 0.717) is 19.8 Å². The van der Waals surface area contributed by atoms with Gasteiger partial charge in [0, 0.05) is 25.7 Å². The number of methoxy groups -OCH3 is 1. The summed E-state index contributed by atoms with van der Waals surface area (Å²) in [6, 6.07) is 7.89. The molecule has 3 rings (SSSR count). The second kappa shape index (κ2) is 8.49. The Labute approximate surface area is 150 Å². The van der Waals surface area contributed by atoms with Gasteiger partial charge in [-0.2, -0.15) is 0 Å². The van der Waals surface area contributed by atoms with E-state index in [1.165, 1.54) is 0 Å². The average Bonchev–Trinajstić information content (AvgIpc) is 3.19. The van der Waals surface area contributed by atoms with Crippen LogP contribution in [0.1, 0.15) is 37.3 Å². The second-order valence-electron chi connectivity index (χ2n) is 6.74. The summed E-state index contributed by atoms with van der Waals surface area (Å²) in [6.45, 7) is 3.37. The van der Waals surface area contributed by atoms with Gasteiger partial charge in [-0.3, -0.25) is 4.90 Å². The molecule has 1 unspecified atom stereocenters. The zero-order valence-electron chi connectivity index (χ0n) is 14.8. The van der Waals surface area contributed by atoms with Crippen LogP contribution < -0.4 is 9.46 Å². The SMILES string of the molecule is COc1ccc(C(CNS(=O)(=O)C2CCCC2)N2CCOCC2)cc1. The van der Waals surface area contributed by atoms with Crippen molar-refractivity contribution >= 4 is 10.0 Å². The normalized spacial score (nSPS) is 21.3. The molecule has 1 saturated heterocycles. The minimum Gasteiger partial charge on any atom is -0.497 e. The highest BCUT2D eigenvalue weighted by atomic mass is 32.2. The first-order valence-electron chi connectivity index (χ1n) is 9.04. The molecule has 1 saturated carbocycles. The Kier molecular flexibility index (Phi) is 6.33. The molecule has 0 aromatic heterocycles. The molecule has 0 radical (unpaired) electrons. The highest BCUT2D eigenvalue weighted by molar-refractivity contribution is 7.90. The maximum absolute atomic E-state index is 12.6. The fourth-order valence-electron chi connectivity index (χ4n) is 3.68. The molecule has 0 bridgehead atoms. The van der Waals surface area contributed by atoms with E-state index in [1.807, 2.05) is 24.3 Å². The maximum Gasteiger partial charge on any atom is 0.214 e. The zero-order valence-corrected chi connectivity index (χ0v) is 15.6. The van der Waals surface area contributed by atoms with Crippen molar-refractivity contribution in [3.8, 4) is 5.75 Å². The number of ether oxygens (including phenoxy) is 2. The lowest BCUT2D eigenvalue weighted by molar-refractivity contribution is 0.0172. The number of rotatable bonds is 7. The maximum atomic E-state index is 12.6. The van der Waals surface area contributed by atoms with Crippen LogP contribution in [0.25, 0.3) is 0 Å². The van der Waals surface area contributed by atoms with Gasteiger partial charge in [0.05, 0.1) is 25.6 Å². The van der Waals surface area contributed by atoms with E-state index in [2.05, 4.69) is 9.62 Å². The lowest BCUT2D eigenvalue weighted by atomic mass is 10.0. The molecule has 1 atom stereocenters. The molecule has 6 nitrogen and oxygen atoms in total. The molecule has 1 aliphatic heterocycles. The van der Waals surface area contributed by atoms with Crippen molar-refractivity contribution in [3.63, 3.8) is 0 Å². The van der Waals surface area contributed by atoms with Crippen LogP contribution in [-0.2, 0) is 14.8 Å². The van der Waals surface area contributed by atoms with Crippen molar-refractivity contribution in [2.24, 2.45) is 0 Å². The summed E-state index contributed by atoms with van der Waals surface area (Å²) in [4.78, 5) is 2.29. The summed E-state index contributed by atoms with van der Waals surface area (Å²) in [5.41, 5.74) is 1.09. The van der Waals surface area contributed by atoms with Crippen LogP contribution in [-0.4, -0.2) is 58.5 Å². The lowest BCUT2D eigenvalue weighted by Gasteiger charge is -2.35. The van der Waals surface area contributed by atoms with Gasteiger partial charge in [0.1, 0.15) is 5.75 Å². The number of morpholine rings is 1. The van der Waals surface area contributed by atoms with Gasteiger partial charge in [-0.05, 0) is 30.5 Å². The molecular formula is C18H28N2O4S. The van der Waals surface area contributed by atoms with Gasteiger partial charge < -0.3 is 9.47 Å². The molecule has 7 heteroatoms. The highest BCUT2D eigenvalue weighted by Gasteiger charge is 2.30. The van der Waals surface area contributed by atoms with Crippen molar-refractivity contribution in [2.75, 3.05) is 40.0 Å². The molecule has 1 aliphatic carbocycles. The summed E-state index contributed by atoms with van der Waals surface area (Å²) in [6.07, 6.45) is 3.58. The van der Waals surface area contributed by atoms with Gasteiger partial charge in [-0.1, -0.05) is 25.0 Å². The van der Waals surface area contributed by atoms with Crippen molar-refractivity contribution in [1.82, 2.24) is 9.62 Å². The molecule has 2 aliphatic rings. The fraction of sp³-hybridized carbons (Fsp3) is 0.667. The first-order chi connectivity index (χ1) is 12.1. The Morgan fingerprint density at radius 3 is 2.44 bits per heavy atom. The molecule has 1 aromatic rings. The second-order valence-corrected chi connectivity index (χ2v) is 8.78. The van der Waals surface area contributed by atoms with Gasteiger partial charge in [-0.25, -0.2) is 13.1 Å². The Morgan fingerprint density at radius 2 is 1.84 bits per heavy atom. The standard InChI is InChI=1S/C18H28N2O4S/c1-23-16-8-6-15(7-9-16)18(20-10-12-24-13-11-20)14-19-25(21,22)17-4-2-3-5-17/h6-9,17-19H,2-5,10-14H2,1H3. The van der Waals surface area contributed by atoms with Crippen LogP contribution in [0.2, 0.25) is 0 Å². The molecular weight excluding hydrogens is 340 g/mol. The lowest BCUT2D eigenvalue weighted by Crippen LogP contribution is -2.45. The third-order valence-corrected chi connectivity index (χ3v) is 7.12. The van der Waals surface area contributed by atoms with Crippen LogP contribution in [0.15, 0.2) is 24.3 Å². The molecule has 1 aromatic carbocycles. The predicted octanol–water partition coefficient (Wildman–Crippen LogP) is 1.93. The highest BCUT2D eigenvalue weighted by Crippen LogP contribution is 2.26. The van der Waals surface area contributed by atoms with Gasteiger partial charge >= 0.3 is 0 Å². The summed E-state index contributed by atoms with van der Waals surface area (Å²) in [7, 11) is -1.60. The van der Waals surface area contributed by atoms with Crippen molar-refractivity contribution in [2.45, 2.75) is 37.0 Å². The van der Waals surface area contributed by atoms with Crippen LogP contribution in [0.5, 0.6) is 5.75 Å². The third kappa shape index (κ3) is 4.73. The number of nitrogens with zero attached hydrogens (tertiary/aromatic N) is 1. The molecule has 0 spiro atoms. The van der Waals surface area contributed by atoms with Gasteiger partial charge in [0.2, 0.25) is 10.0 Å². The largest absolute Gasteiger partial charge is 0.497 e. The Morgan fingerprint density at radius 1 is 1.20 bits per heavy atom.